The highest BCUT2D eigenvalue weighted by Gasteiger charge is 2.17. The molecule has 0 atom stereocenters. The van der Waals surface area contributed by atoms with Crippen LogP contribution >= 0.6 is 24.4 Å². The highest BCUT2D eigenvalue weighted by Crippen LogP contribution is 2.36. The molecule has 0 aliphatic heterocycles. The number of nitrogens with one attached hydrogen (secondary N) is 2. The Hall–Kier alpha value is -2.58. The molecule has 0 aromatic heterocycles. The van der Waals surface area contributed by atoms with Crippen LogP contribution < -0.4 is 24.4 Å². The lowest BCUT2D eigenvalue weighted by atomic mass is 10.2. The molecule has 0 saturated carbocycles. The minimum Gasteiger partial charge on any atom is -0.495 e. The first-order valence-corrected chi connectivity index (χ1v) is 8.22. The number of hydrogen-bond acceptors (Lipinski definition) is 5. The Morgan fingerprint density at radius 3 is 2.19 bits per heavy atom. The van der Waals surface area contributed by atoms with Gasteiger partial charge in [-0.2, -0.15) is 0 Å². The number of carbonyl (C=O) groups excluding carboxylic acids is 2. The van der Waals surface area contributed by atoms with Crippen molar-refractivity contribution < 1.29 is 19.1 Å². The van der Waals surface area contributed by atoms with Crippen molar-refractivity contribution >= 4 is 53.4 Å². The summed E-state index contributed by atoms with van der Waals surface area (Å²) in [5.74, 6) is 0.641. The lowest BCUT2D eigenvalue weighted by Crippen LogP contribution is -2.27. The number of carbonyl (C=O) groups is 2. The molecule has 2 aromatic rings. The standard InChI is InChI=1S/C17H18ClN3O4S/c1-10(22)19-11-4-6-12(7-5-11)21(26)17(23)20-14-8-13(18)15(24-2)9-16(14)25-3/h4-9,26H,1-3H3,(H,19,22)(H,20,23). The third-order valence-corrected chi connectivity index (χ3v) is 4.05. The molecule has 0 fully saturated rings. The van der Waals surface area contributed by atoms with Crippen LogP contribution in [0.3, 0.4) is 0 Å². The summed E-state index contributed by atoms with van der Waals surface area (Å²) < 4.78 is 11.5. The van der Waals surface area contributed by atoms with E-state index in [4.69, 9.17) is 21.1 Å². The normalized spacial score (nSPS) is 10.0. The van der Waals surface area contributed by atoms with Gasteiger partial charge in [0, 0.05) is 18.7 Å². The van der Waals surface area contributed by atoms with Crippen LogP contribution in [-0.2, 0) is 4.79 Å². The summed E-state index contributed by atoms with van der Waals surface area (Å²) in [5.41, 5.74) is 1.50. The Morgan fingerprint density at radius 2 is 1.65 bits per heavy atom. The van der Waals surface area contributed by atoms with Gasteiger partial charge in [0.1, 0.15) is 11.5 Å². The fourth-order valence-electron chi connectivity index (χ4n) is 2.13. The van der Waals surface area contributed by atoms with E-state index in [0.717, 1.165) is 4.31 Å². The topological polar surface area (TPSA) is 79.9 Å². The largest absolute Gasteiger partial charge is 0.495 e. The summed E-state index contributed by atoms with van der Waals surface area (Å²) in [4.78, 5) is 23.5. The number of anilines is 3. The Balaban J connectivity index is 2.16. The second-order valence-corrected chi connectivity index (χ2v) is 5.96. The molecule has 0 heterocycles. The molecule has 138 valence electrons. The van der Waals surface area contributed by atoms with Crippen LogP contribution in [0.2, 0.25) is 5.02 Å². The number of amides is 3. The van der Waals surface area contributed by atoms with Crippen molar-refractivity contribution in [3.8, 4) is 11.5 Å². The maximum Gasteiger partial charge on any atom is 0.336 e. The monoisotopic (exact) mass is 395 g/mol. The third-order valence-electron chi connectivity index (χ3n) is 3.34. The van der Waals surface area contributed by atoms with Gasteiger partial charge in [-0.1, -0.05) is 24.4 Å². The average Bonchev–Trinajstić information content (AvgIpc) is 2.61. The highest BCUT2D eigenvalue weighted by molar-refractivity contribution is 7.82. The van der Waals surface area contributed by atoms with Gasteiger partial charge in [-0.25, -0.2) is 9.10 Å². The van der Waals surface area contributed by atoms with Crippen LogP contribution in [0.5, 0.6) is 11.5 Å². The van der Waals surface area contributed by atoms with E-state index in [0.29, 0.717) is 33.6 Å². The minimum atomic E-state index is -0.514. The van der Waals surface area contributed by atoms with Crippen molar-refractivity contribution in [1.82, 2.24) is 0 Å². The molecular formula is C17H18ClN3O4S. The van der Waals surface area contributed by atoms with Crippen LogP contribution in [0.15, 0.2) is 36.4 Å². The van der Waals surface area contributed by atoms with E-state index in [-0.39, 0.29) is 5.91 Å². The van der Waals surface area contributed by atoms with Gasteiger partial charge in [-0.15, -0.1) is 0 Å². The summed E-state index contributed by atoms with van der Waals surface area (Å²) >= 11 is 10.3. The van der Waals surface area contributed by atoms with Crippen LogP contribution in [0, 0.1) is 0 Å². The van der Waals surface area contributed by atoms with E-state index in [1.54, 1.807) is 30.3 Å². The predicted octanol–water partition coefficient (Wildman–Crippen LogP) is 4.20. The number of halogens is 1. The predicted molar refractivity (Wildman–Crippen MR) is 106 cm³/mol. The molecule has 0 aliphatic rings. The number of thiol groups is 1. The molecule has 2 N–H and O–H groups in total. The van der Waals surface area contributed by atoms with Gasteiger partial charge < -0.3 is 20.1 Å². The Morgan fingerprint density at radius 1 is 1.04 bits per heavy atom. The second kappa shape index (κ2) is 8.68. The first-order valence-electron chi connectivity index (χ1n) is 7.45. The van der Waals surface area contributed by atoms with Gasteiger partial charge in [0.2, 0.25) is 5.91 Å². The van der Waals surface area contributed by atoms with Crippen molar-refractivity contribution in [2.45, 2.75) is 6.92 Å². The van der Waals surface area contributed by atoms with Crippen molar-refractivity contribution in [2.24, 2.45) is 0 Å². The molecule has 2 rings (SSSR count). The first kappa shape index (κ1) is 19.7. The number of nitrogens with zero attached hydrogens (tertiary/aromatic N) is 1. The molecule has 2 aromatic carbocycles. The van der Waals surface area contributed by atoms with Crippen LogP contribution in [0.4, 0.5) is 21.9 Å². The van der Waals surface area contributed by atoms with Gasteiger partial charge in [-0.3, -0.25) is 4.79 Å². The summed E-state index contributed by atoms with van der Waals surface area (Å²) in [5, 5.41) is 5.65. The molecule has 0 saturated heterocycles. The maximum atomic E-state index is 12.4. The SMILES string of the molecule is COc1cc(OC)c(NC(=O)N(S)c2ccc(NC(C)=O)cc2)cc1Cl. The van der Waals surface area contributed by atoms with Crippen LogP contribution in [0.25, 0.3) is 0 Å². The number of urea groups is 1. The summed E-state index contributed by atoms with van der Waals surface area (Å²) in [6, 6.07) is 9.21. The van der Waals surface area contributed by atoms with Crippen molar-refractivity contribution in [2.75, 3.05) is 29.2 Å². The lowest BCUT2D eigenvalue weighted by Gasteiger charge is -2.19. The van der Waals surface area contributed by atoms with E-state index >= 15 is 0 Å². The van der Waals surface area contributed by atoms with Gasteiger partial charge in [0.25, 0.3) is 0 Å². The lowest BCUT2D eigenvalue weighted by molar-refractivity contribution is -0.114. The molecular weight excluding hydrogens is 378 g/mol. The Kier molecular flexibility index (Phi) is 6.59. The van der Waals surface area contributed by atoms with Crippen LogP contribution in [0.1, 0.15) is 6.92 Å². The molecule has 0 aliphatic carbocycles. The molecule has 26 heavy (non-hydrogen) atoms. The van der Waals surface area contributed by atoms with Gasteiger partial charge in [-0.05, 0) is 30.3 Å². The fraction of sp³-hybridized carbons (Fsp3) is 0.176. The molecule has 0 bridgehead atoms. The number of rotatable bonds is 5. The zero-order valence-corrected chi connectivity index (χ0v) is 16.0. The molecule has 0 spiro atoms. The Bertz CT molecular complexity index is 814. The smallest absolute Gasteiger partial charge is 0.336 e. The van der Waals surface area contributed by atoms with Crippen molar-refractivity contribution in [3.63, 3.8) is 0 Å². The minimum absolute atomic E-state index is 0.179. The quantitative estimate of drug-likeness (QED) is 0.663. The zero-order valence-electron chi connectivity index (χ0n) is 14.4. The van der Waals surface area contributed by atoms with Gasteiger partial charge in [0.05, 0.1) is 30.6 Å². The van der Waals surface area contributed by atoms with E-state index in [1.165, 1.54) is 27.2 Å². The van der Waals surface area contributed by atoms with Crippen molar-refractivity contribution in [3.05, 3.63) is 41.4 Å². The molecule has 7 nitrogen and oxygen atoms in total. The maximum absolute atomic E-state index is 12.4. The average molecular weight is 396 g/mol. The second-order valence-electron chi connectivity index (χ2n) is 5.16. The van der Waals surface area contributed by atoms with E-state index < -0.39 is 6.03 Å². The number of benzene rings is 2. The molecule has 0 unspecified atom stereocenters. The summed E-state index contributed by atoms with van der Waals surface area (Å²) in [6.45, 7) is 1.42. The summed E-state index contributed by atoms with van der Waals surface area (Å²) in [7, 11) is 2.95. The third kappa shape index (κ3) is 4.74. The van der Waals surface area contributed by atoms with E-state index in [2.05, 4.69) is 23.4 Å². The van der Waals surface area contributed by atoms with Crippen LogP contribution in [-0.4, -0.2) is 26.2 Å². The fourth-order valence-corrected chi connectivity index (χ4v) is 2.56. The zero-order chi connectivity index (χ0) is 19.3. The molecule has 3 amide bonds. The number of ether oxygens (including phenoxy) is 2. The first-order chi connectivity index (χ1) is 12.3. The Labute approximate surface area is 161 Å². The molecule has 0 radical (unpaired) electrons. The number of hydrogen-bond donors (Lipinski definition) is 3. The van der Waals surface area contributed by atoms with Gasteiger partial charge >= 0.3 is 6.03 Å². The van der Waals surface area contributed by atoms with E-state index in [9.17, 15) is 9.59 Å². The highest BCUT2D eigenvalue weighted by atomic mass is 35.5. The van der Waals surface area contributed by atoms with Gasteiger partial charge in [0.15, 0.2) is 0 Å². The molecule has 9 heteroatoms. The number of methoxy groups -OCH3 is 2. The summed E-state index contributed by atoms with van der Waals surface area (Å²) in [6.07, 6.45) is 0. The van der Waals surface area contributed by atoms with Crippen molar-refractivity contribution in [1.29, 1.82) is 0 Å². The van der Waals surface area contributed by atoms with E-state index in [1.807, 2.05) is 0 Å².